The van der Waals surface area contributed by atoms with Gasteiger partial charge in [0, 0.05) is 0 Å². The highest BCUT2D eigenvalue weighted by Crippen LogP contribution is 2.28. The van der Waals surface area contributed by atoms with Crippen LogP contribution in [-0.2, 0) is 33.8 Å². The third kappa shape index (κ3) is 6.24. The normalized spacial score (nSPS) is 11.1. The summed E-state index contributed by atoms with van der Waals surface area (Å²) >= 11 is 0. The third-order valence-electron chi connectivity index (χ3n) is 4.11. The zero-order chi connectivity index (χ0) is 22.3. The first-order valence-electron chi connectivity index (χ1n) is 8.88. The van der Waals surface area contributed by atoms with Crippen molar-refractivity contribution in [1.82, 2.24) is 0 Å². The van der Waals surface area contributed by atoms with Crippen molar-refractivity contribution in [2.45, 2.75) is 19.0 Å². The lowest BCUT2D eigenvalue weighted by Crippen LogP contribution is -2.19. The minimum atomic E-state index is -4.29. The first kappa shape index (κ1) is 23.8. The summed E-state index contributed by atoms with van der Waals surface area (Å²) in [5.41, 5.74) is 1.61. The molecule has 6 radical (unpaired) electrons. The van der Waals surface area contributed by atoms with E-state index < -0.39 is 34.4 Å². The first-order valence-corrected chi connectivity index (χ1v) is 10.5. The second-order valence-corrected chi connectivity index (χ2v) is 7.78. The minimum Gasteiger partial charge on any atom is -0.461 e. The SMILES string of the molecule is [B]Cc1cc(C[B])c(OC(=O)c2ccccc2C(=O)OCCS(=O)(=O)O)c(C[B])c1. The van der Waals surface area contributed by atoms with E-state index in [0.717, 1.165) is 5.56 Å². The third-order valence-corrected chi connectivity index (χ3v) is 4.80. The van der Waals surface area contributed by atoms with E-state index in [0.29, 0.717) is 11.1 Å². The molecule has 7 nitrogen and oxygen atoms in total. The van der Waals surface area contributed by atoms with E-state index in [4.69, 9.17) is 37.6 Å². The van der Waals surface area contributed by atoms with Gasteiger partial charge in [-0.3, -0.25) is 4.55 Å². The summed E-state index contributed by atoms with van der Waals surface area (Å²) in [5.74, 6) is -2.36. The molecule has 2 aromatic rings. The van der Waals surface area contributed by atoms with Crippen LogP contribution in [0, 0.1) is 0 Å². The van der Waals surface area contributed by atoms with Gasteiger partial charge in [0.05, 0.1) is 34.7 Å². The molecule has 0 aliphatic rings. The molecule has 0 saturated carbocycles. The number of ether oxygens (including phenoxy) is 2. The molecule has 11 heteroatoms. The van der Waals surface area contributed by atoms with Gasteiger partial charge in [-0.2, -0.15) is 8.42 Å². The number of esters is 2. The largest absolute Gasteiger partial charge is 0.461 e. The second-order valence-electron chi connectivity index (χ2n) is 6.21. The number of hydrogen-bond donors (Lipinski definition) is 1. The Balaban J connectivity index is 2.30. The Morgan fingerprint density at radius 1 is 0.900 bits per heavy atom. The fourth-order valence-electron chi connectivity index (χ4n) is 2.68. The van der Waals surface area contributed by atoms with Crippen LogP contribution < -0.4 is 4.74 Å². The molecule has 2 rings (SSSR count). The van der Waals surface area contributed by atoms with E-state index in [9.17, 15) is 18.0 Å². The molecule has 0 unspecified atom stereocenters. The maximum Gasteiger partial charge on any atom is 0.344 e. The van der Waals surface area contributed by atoms with Crippen LogP contribution in [0.1, 0.15) is 37.4 Å². The number of rotatable bonds is 9. The van der Waals surface area contributed by atoms with Crippen molar-refractivity contribution in [2.24, 2.45) is 0 Å². The summed E-state index contributed by atoms with van der Waals surface area (Å²) in [6, 6.07) is 9.13. The quantitative estimate of drug-likeness (QED) is 0.278. The fourth-order valence-corrected chi connectivity index (χ4v) is 2.98. The topological polar surface area (TPSA) is 107 Å². The molecule has 150 valence electrons. The molecule has 0 heterocycles. The van der Waals surface area contributed by atoms with Crippen LogP contribution in [0.3, 0.4) is 0 Å². The van der Waals surface area contributed by atoms with Crippen LogP contribution in [0.4, 0.5) is 0 Å². The lowest BCUT2D eigenvalue weighted by molar-refractivity contribution is 0.0518. The molecule has 1 N–H and O–H groups in total. The molecule has 0 aliphatic heterocycles. The second kappa shape index (κ2) is 10.5. The molecule has 30 heavy (non-hydrogen) atoms. The van der Waals surface area contributed by atoms with Crippen molar-refractivity contribution in [2.75, 3.05) is 12.4 Å². The molecule has 0 fully saturated rings. The summed E-state index contributed by atoms with van der Waals surface area (Å²) in [5, 5.41) is 0. The highest BCUT2D eigenvalue weighted by Gasteiger charge is 2.22. The summed E-state index contributed by atoms with van der Waals surface area (Å²) in [4.78, 5) is 25.1. The number of carbonyl (C=O) groups excluding carboxylic acids is 2. The molecular formula is C19H17B3O7S. The smallest absolute Gasteiger partial charge is 0.344 e. The van der Waals surface area contributed by atoms with Gasteiger partial charge in [0.2, 0.25) is 0 Å². The van der Waals surface area contributed by atoms with Gasteiger partial charge >= 0.3 is 11.9 Å². The van der Waals surface area contributed by atoms with E-state index in [2.05, 4.69) is 0 Å². The Labute approximate surface area is 179 Å². The molecular weight excluding hydrogens is 405 g/mol. The van der Waals surface area contributed by atoms with Crippen molar-refractivity contribution in [3.8, 4) is 5.75 Å². The van der Waals surface area contributed by atoms with Gasteiger partial charge < -0.3 is 9.47 Å². The van der Waals surface area contributed by atoms with Crippen molar-refractivity contribution < 1.29 is 32.0 Å². The number of carbonyl (C=O) groups is 2. The van der Waals surface area contributed by atoms with Crippen LogP contribution in [0.5, 0.6) is 5.75 Å². The summed E-state index contributed by atoms with van der Waals surface area (Å²) in [6.07, 6.45) is 0.401. The van der Waals surface area contributed by atoms with E-state index >= 15 is 0 Å². The predicted molar refractivity (Wildman–Crippen MR) is 113 cm³/mol. The zero-order valence-electron chi connectivity index (χ0n) is 16.0. The highest BCUT2D eigenvalue weighted by atomic mass is 32.2. The van der Waals surface area contributed by atoms with Gasteiger partial charge in [-0.25, -0.2) is 9.59 Å². The van der Waals surface area contributed by atoms with E-state index in [1.165, 1.54) is 24.3 Å². The Bertz CT molecular complexity index is 1010. The molecule has 0 bridgehead atoms. The van der Waals surface area contributed by atoms with Gasteiger partial charge in [-0.1, -0.05) is 48.8 Å². The van der Waals surface area contributed by atoms with E-state index in [-0.39, 0.29) is 35.8 Å². The lowest BCUT2D eigenvalue weighted by Gasteiger charge is -2.16. The van der Waals surface area contributed by atoms with Crippen LogP contribution in [0.15, 0.2) is 36.4 Å². The monoisotopic (exact) mass is 422 g/mol. The van der Waals surface area contributed by atoms with Gasteiger partial charge in [0.15, 0.2) is 0 Å². The average Bonchev–Trinajstić information content (AvgIpc) is 2.72. The molecule has 0 aliphatic carbocycles. The Morgan fingerprint density at radius 3 is 1.90 bits per heavy atom. The maximum absolute atomic E-state index is 12.8. The van der Waals surface area contributed by atoms with Crippen molar-refractivity contribution in [1.29, 1.82) is 0 Å². The molecule has 0 aromatic heterocycles. The van der Waals surface area contributed by atoms with Gasteiger partial charge in [0.1, 0.15) is 18.1 Å². The van der Waals surface area contributed by atoms with Crippen LogP contribution in [0.25, 0.3) is 0 Å². The lowest BCUT2D eigenvalue weighted by atomic mass is 9.85. The van der Waals surface area contributed by atoms with E-state index in [1.807, 2.05) is 0 Å². The minimum absolute atomic E-state index is 0.0722. The average molecular weight is 422 g/mol. The predicted octanol–water partition coefficient (Wildman–Crippen LogP) is 0.956. The van der Waals surface area contributed by atoms with Crippen LogP contribution >= 0.6 is 0 Å². The van der Waals surface area contributed by atoms with Gasteiger partial charge in [-0.05, 0) is 23.3 Å². The molecule has 0 spiro atoms. The van der Waals surface area contributed by atoms with Crippen LogP contribution in [0.2, 0.25) is 0 Å². The number of hydrogen-bond acceptors (Lipinski definition) is 6. The molecule has 0 atom stereocenters. The Morgan fingerprint density at radius 2 is 1.43 bits per heavy atom. The Hall–Kier alpha value is -2.52. The summed E-state index contributed by atoms with van der Waals surface area (Å²) in [7, 11) is 12.9. The molecule has 0 saturated heterocycles. The Kier molecular flexibility index (Phi) is 8.31. The molecule has 0 amide bonds. The van der Waals surface area contributed by atoms with Crippen molar-refractivity contribution in [3.63, 3.8) is 0 Å². The highest BCUT2D eigenvalue weighted by molar-refractivity contribution is 7.85. The van der Waals surface area contributed by atoms with Gasteiger partial charge in [0.25, 0.3) is 10.1 Å². The van der Waals surface area contributed by atoms with Crippen LogP contribution in [-0.4, -0.2) is 60.8 Å². The van der Waals surface area contributed by atoms with Gasteiger partial charge in [-0.15, -0.1) is 0 Å². The van der Waals surface area contributed by atoms with Crippen molar-refractivity contribution in [3.05, 3.63) is 64.2 Å². The number of benzene rings is 2. The van der Waals surface area contributed by atoms with E-state index in [1.54, 1.807) is 12.1 Å². The molecule has 2 aromatic carbocycles. The zero-order valence-corrected chi connectivity index (χ0v) is 16.9. The fraction of sp³-hybridized carbons (Fsp3) is 0.263. The summed E-state index contributed by atoms with van der Waals surface area (Å²) < 4.78 is 40.6. The standard InChI is InChI=1S/C19H17B3O7S/c20-9-12-7-13(10-21)17(14(8-12)11-22)29-19(24)16-4-2-1-3-15(16)18(23)28-5-6-30(25,26)27/h1-4,7-8H,5-6,9-11H2,(H,25,26,27). The first-order chi connectivity index (χ1) is 14.2. The maximum atomic E-state index is 12.8. The van der Waals surface area contributed by atoms with Crippen molar-refractivity contribution >= 4 is 45.6 Å². The summed E-state index contributed by atoms with van der Waals surface area (Å²) in [6.45, 7) is -0.573.